The lowest BCUT2D eigenvalue weighted by molar-refractivity contribution is 0.0695. The second kappa shape index (κ2) is 7.53. The number of nitrogens with zero attached hydrogens (tertiary/aromatic N) is 4. The molecule has 0 fully saturated rings. The van der Waals surface area contributed by atoms with Gasteiger partial charge in [-0.05, 0) is 53.6 Å². The number of ether oxygens (including phenoxy) is 1. The highest BCUT2D eigenvalue weighted by Gasteiger charge is 2.25. The third kappa shape index (κ3) is 3.19. The van der Waals surface area contributed by atoms with Crippen LogP contribution in [0, 0.1) is 0 Å². The molecule has 0 unspecified atom stereocenters. The van der Waals surface area contributed by atoms with Crippen LogP contribution >= 0.6 is 0 Å². The number of methoxy groups -OCH3 is 1. The van der Waals surface area contributed by atoms with E-state index in [9.17, 15) is 9.90 Å². The van der Waals surface area contributed by atoms with Gasteiger partial charge in [-0.1, -0.05) is 6.07 Å². The first-order valence-electron chi connectivity index (χ1n) is 10.2. The highest BCUT2D eigenvalue weighted by molar-refractivity contribution is 6.01. The van der Waals surface area contributed by atoms with Crippen LogP contribution in [0.25, 0.3) is 22.6 Å². The van der Waals surface area contributed by atoms with Gasteiger partial charge in [-0.2, -0.15) is 5.10 Å². The van der Waals surface area contributed by atoms with Gasteiger partial charge in [0.05, 0.1) is 29.6 Å². The maximum Gasteiger partial charge on any atom is 0.336 e. The van der Waals surface area contributed by atoms with Crippen LogP contribution in [0.15, 0.2) is 54.7 Å². The summed E-state index contributed by atoms with van der Waals surface area (Å²) in [5, 5.41) is 15.3. The molecule has 32 heavy (non-hydrogen) atoms. The molecule has 5 rings (SSSR count). The summed E-state index contributed by atoms with van der Waals surface area (Å²) in [7, 11) is 5.58. The second-order valence-corrected chi connectivity index (χ2v) is 7.81. The summed E-state index contributed by atoms with van der Waals surface area (Å²) in [6, 6.07) is 15.7. The van der Waals surface area contributed by atoms with Gasteiger partial charge in [-0.25, -0.2) is 4.79 Å². The molecule has 0 saturated carbocycles. The molecular formula is C25H22N4O3. The number of anilines is 2. The lowest BCUT2D eigenvalue weighted by Crippen LogP contribution is -2.09. The molecule has 0 atom stereocenters. The molecule has 0 amide bonds. The fourth-order valence-electron chi connectivity index (χ4n) is 4.32. The number of pyridine rings is 1. The van der Waals surface area contributed by atoms with Gasteiger partial charge in [-0.15, -0.1) is 0 Å². The zero-order chi connectivity index (χ0) is 22.4. The van der Waals surface area contributed by atoms with Gasteiger partial charge >= 0.3 is 5.97 Å². The summed E-state index contributed by atoms with van der Waals surface area (Å²) in [5.74, 6) is -0.129. The van der Waals surface area contributed by atoms with E-state index in [0.717, 1.165) is 44.9 Å². The summed E-state index contributed by atoms with van der Waals surface area (Å²) in [6.45, 7) is 0. The first-order chi connectivity index (χ1) is 15.5. The first-order valence-corrected chi connectivity index (χ1v) is 10.2. The van der Waals surface area contributed by atoms with Crippen LogP contribution in [0.2, 0.25) is 0 Å². The molecule has 0 saturated heterocycles. The van der Waals surface area contributed by atoms with Gasteiger partial charge in [0.15, 0.2) is 0 Å². The highest BCUT2D eigenvalue weighted by atomic mass is 16.5. The van der Waals surface area contributed by atoms with E-state index < -0.39 is 5.97 Å². The maximum absolute atomic E-state index is 11.6. The lowest BCUT2D eigenvalue weighted by Gasteiger charge is -2.20. The summed E-state index contributed by atoms with van der Waals surface area (Å²) < 4.78 is 7.21. The van der Waals surface area contributed by atoms with Crippen molar-refractivity contribution in [3.63, 3.8) is 0 Å². The Morgan fingerprint density at radius 3 is 2.75 bits per heavy atom. The van der Waals surface area contributed by atoms with Crippen LogP contribution in [0.4, 0.5) is 11.4 Å². The van der Waals surface area contributed by atoms with Crippen molar-refractivity contribution in [2.75, 3.05) is 19.1 Å². The topological polar surface area (TPSA) is 80.5 Å². The second-order valence-electron chi connectivity index (χ2n) is 7.81. The predicted molar refractivity (Wildman–Crippen MR) is 125 cm³/mol. The summed E-state index contributed by atoms with van der Waals surface area (Å²) in [4.78, 5) is 18.1. The molecule has 2 heterocycles. The summed E-state index contributed by atoms with van der Waals surface area (Å²) >= 11 is 0. The average Bonchev–Trinajstić information content (AvgIpc) is 3.37. The highest BCUT2D eigenvalue weighted by Crippen LogP contribution is 2.37. The molecule has 7 nitrogen and oxygen atoms in total. The molecule has 0 bridgehead atoms. The predicted octanol–water partition coefficient (Wildman–Crippen LogP) is 4.54. The van der Waals surface area contributed by atoms with Crippen molar-refractivity contribution >= 4 is 39.9 Å². The van der Waals surface area contributed by atoms with Gasteiger partial charge in [0.25, 0.3) is 0 Å². The number of carboxylic acids is 1. The molecule has 0 spiro atoms. The number of hydrogen-bond acceptors (Lipinski definition) is 5. The molecule has 1 aliphatic rings. The largest absolute Gasteiger partial charge is 0.497 e. The van der Waals surface area contributed by atoms with E-state index in [4.69, 9.17) is 9.84 Å². The minimum absolute atomic E-state index is 0.301. The molecule has 0 radical (unpaired) electrons. The molecule has 1 N–H and O–H groups in total. The normalized spacial score (nSPS) is 12.5. The van der Waals surface area contributed by atoms with E-state index in [0.29, 0.717) is 17.7 Å². The van der Waals surface area contributed by atoms with Crippen molar-refractivity contribution in [1.29, 1.82) is 0 Å². The zero-order valence-electron chi connectivity index (χ0n) is 18.0. The van der Waals surface area contributed by atoms with Crippen LogP contribution in [0.1, 0.15) is 27.3 Å². The van der Waals surface area contributed by atoms with E-state index in [1.807, 2.05) is 49.1 Å². The number of carbonyl (C=O) groups is 1. The summed E-state index contributed by atoms with van der Waals surface area (Å²) in [6.07, 6.45) is 4.03. The quantitative estimate of drug-likeness (QED) is 0.505. The van der Waals surface area contributed by atoms with Gasteiger partial charge in [-0.3, -0.25) is 9.67 Å². The van der Waals surface area contributed by atoms with E-state index >= 15 is 0 Å². The first kappa shape index (κ1) is 19.8. The maximum atomic E-state index is 11.6. The lowest BCUT2D eigenvalue weighted by atomic mass is 10.0. The Kier molecular flexibility index (Phi) is 4.66. The minimum Gasteiger partial charge on any atom is -0.497 e. The molecule has 2 aromatic heterocycles. The van der Waals surface area contributed by atoms with E-state index in [2.05, 4.69) is 28.1 Å². The Morgan fingerprint density at radius 2 is 1.97 bits per heavy atom. The number of allylic oxidation sites excluding steroid dienone is 1. The molecular weight excluding hydrogens is 404 g/mol. The van der Waals surface area contributed by atoms with Crippen LogP contribution in [0.5, 0.6) is 5.75 Å². The van der Waals surface area contributed by atoms with E-state index in [1.165, 1.54) is 0 Å². The molecule has 2 aromatic carbocycles. The Balaban J connectivity index is 1.52. The van der Waals surface area contributed by atoms with Gasteiger partial charge in [0.2, 0.25) is 0 Å². The minimum atomic E-state index is -0.932. The average molecular weight is 426 g/mol. The fraction of sp³-hybridized carbons (Fsp3) is 0.160. The van der Waals surface area contributed by atoms with Crippen molar-refractivity contribution in [2.45, 2.75) is 6.42 Å². The Morgan fingerprint density at radius 1 is 1.16 bits per heavy atom. The van der Waals surface area contributed by atoms with Crippen molar-refractivity contribution in [2.24, 2.45) is 7.05 Å². The Bertz CT molecular complexity index is 1400. The number of hydrogen-bond donors (Lipinski definition) is 1. The van der Waals surface area contributed by atoms with Crippen molar-refractivity contribution in [3.05, 3.63) is 77.2 Å². The number of fused-ring (bicyclic) bond motifs is 2. The Hall–Kier alpha value is -4.13. The number of carboxylic acid groups (broad SMARTS) is 1. The standard InChI is InChI=1S/C25H22N4O3/c1-28(16-5-4-6-18(13-16)32-3)17-7-8-20-23(14-17)27-29(2)24(20)15-11-21-19(25(30)31)9-10-26-22(21)12-15/h4-10,12-14H,11H2,1-3H3,(H,30,31). The molecule has 4 aromatic rings. The van der Waals surface area contributed by atoms with Crippen LogP contribution in [-0.4, -0.2) is 40.0 Å². The third-order valence-electron chi connectivity index (χ3n) is 5.95. The van der Waals surface area contributed by atoms with Crippen LogP contribution in [0.3, 0.4) is 0 Å². The number of aromatic carboxylic acids is 1. The van der Waals surface area contributed by atoms with Crippen molar-refractivity contribution in [1.82, 2.24) is 14.8 Å². The van der Waals surface area contributed by atoms with Gasteiger partial charge < -0.3 is 14.7 Å². The third-order valence-corrected chi connectivity index (χ3v) is 5.95. The number of benzene rings is 2. The smallest absolute Gasteiger partial charge is 0.336 e. The SMILES string of the molecule is COc1cccc(N(C)c2ccc3c(C4=Cc5nccc(C(=O)O)c5C4)n(C)nc3c2)c1. The number of aryl methyl sites for hydroxylation is 1. The van der Waals surface area contributed by atoms with Gasteiger partial charge in [0.1, 0.15) is 5.75 Å². The Labute approximate surface area is 185 Å². The van der Waals surface area contributed by atoms with E-state index in [1.54, 1.807) is 19.4 Å². The molecule has 0 aliphatic heterocycles. The van der Waals surface area contributed by atoms with Gasteiger partial charge in [0, 0.05) is 49.5 Å². The summed E-state index contributed by atoms with van der Waals surface area (Å²) in [5.41, 5.74) is 6.65. The number of rotatable bonds is 5. The number of aromatic nitrogens is 3. The fourth-order valence-corrected chi connectivity index (χ4v) is 4.32. The molecule has 160 valence electrons. The van der Waals surface area contributed by atoms with Crippen LogP contribution in [-0.2, 0) is 13.5 Å². The van der Waals surface area contributed by atoms with E-state index in [-0.39, 0.29) is 0 Å². The molecule has 1 aliphatic carbocycles. The molecule has 7 heteroatoms. The monoisotopic (exact) mass is 426 g/mol. The van der Waals surface area contributed by atoms with Crippen molar-refractivity contribution in [3.8, 4) is 5.75 Å². The van der Waals surface area contributed by atoms with Crippen LogP contribution < -0.4 is 9.64 Å². The van der Waals surface area contributed by atoms with Crippen molar-refractivity contribution < 1.29 is 14.6 Å². The zero-order valence-corrected chi connectivity index (χ0v) is 18.0.